The lowest BCUT2D eigenvalue weighted by Gasteiger charge is -2.35. The summed E-state index contributed by atoms with van der Waals surface area (Å²) >= 11 is 0. The summed E-state index contributed by atoms with van der Waals surface area (Å²) in [6, 6.07) is 19.3. The number of nitrogens with two attached hydrogens (primary N) is 1. The molecule has 2 amide bonds. The molecule has 3 unspecified atom stereocenters. The summed E-state index contributed by atoms with van der Waals surface area (Å²) in [6.45, 7) is 7.78. The molecule has 56 heavy (non-hydrogen) atoms. The molecule has 0 spiro atoms. The van der Waals surface area contributed by atoms with Gasteiger partial charge in [0.15, 0.2) is 23.7 Å². The zero-order valence-electron chi connectivity index (χ0n) is 34.2. The van der Waals surface area contributed by atoms with E-state index in [0.29, 0.717) is 55.3 Å². The van der Waals surface area contributed by atoms with Crippen LogP contribution in [0.3, 0.4) is 0 Å². The number of carbonyl (C=O) groups is 2. The number of ether oxygens (including phenoxy) is 4. The number of nitrogens with zero attached hydrogens (tertiary/aromatic N) is 1. The van der Waals surface area contributed by atoms with E-state index in [4.69, 9.17) is 24.7 Å². The number of nitrogens with one attached hydrogen (secondary N) is 2. The zero-order valence-corrected chi connectivity index (χ0v) is 34.2. The number of amides is 2. The first kappa shape index (κ1) is 41.9. The molecule has 3 aromatic rings. The first-order chi connectivity index (χ1) is 27.1. The first-order valence-corrected chi connectivity index (χ1v) is 21.4. The second-order valence-electron chi connectivity index (χ2n) is 16.8. The van der Waals surface area contributed by atoms with Gasteiger partial charge in [0.25, 0.3) is 11.8 Å². The van der Waals surface area contributed by atoms with Gasteiger partial charge in [0, 0.05) is 44.0 Å². The van der Waals surface area contributed by atoms with E-state index in [-0.39, 0.29) is 30.1 Å². The van der Waals surface area contributed by atoms with Gasteiger partial charge in [0.2, 0.25) is 0 Å². The lowest BCUT2D eigenvalue weighted by molar-refractivity contribution is -0.148. The Balaban J connectivity index is 1.17. The Bertz CT molecular complexity index is 1700. The minimum absolute atomic E-state index is 0.105. The van der Waals surface area contributed by atoms with Crippen molar-refractivity contribution in [2.24, 2.45) is 17.6 Å². The minimum atomic E-state index is -0.799. The summed E-state index contributed by atoms with van der Waals surface area (Å²) in [7, 11) is 1.85. The molecule has 3 aliphatic rings. The van der Waals surface area contributed by atoms with Crippen LogP contribution in [0.1, 0.15) is 103 Å². The van der Waals surface area contributed by atoms with Crippen molar-refractivity contribution in [2.75, 3.05) is 32.1 Å². The summed E-state index contributed by atoms with van der Waals surface area (Å²) < 4.78 is 24.6. The largest absolute Gasteiger partial charge is 0.486 e. The van der Waals surface area contributed by atoms with Gasteiger partial charge in [-0.3, -0.25) is 9.59 Å². The van der Waals surface area contributed by atoms with Crippen molar-refractivity contribution in [1.29, 1.82) is 0 Å². The standard InChI is InChI=1S/C46H66N4O6/c1-31(2)55-44(45(51)49-37-22-23-41-42(28-37)54-25-24-53-41)40(27-34-16-9-6-10-17-34)48-29-32(3)56-43(39(47)26-33-14-7-5-8-15-33)46(52)50(4)30-36-20-13-19-35-18-11-12-21-38(35)36/h11-13,18-23,28,31-34,39-40,43-44,48H,5-10,14-17,24-27,29-30,47H2,1-4H3,(H,49,51)/t32?,39-,40-,43?,44?/m1/s1. The van der Waals surface area contributed by atoms with Gasteiger partial charge in [-0.25, -0.2) is 0 Å². The summed E-state index contributed by atoms with van der Waals surface area (Å²) in [5.74, 6) is 1.95. The number of anilines is 1. The Labute approximate surface area is 334 Å². The molecule has 2 fully saturated rings. The van der Waals surface area contributed by atoms with E-state index >= 15 is 0 Å². The van der Waals surface area contributed by atoms with Crippen LogP contribution in [-0.2, 0) is 25.6 Å². The zero-order chi connectivity index (χ0) is 39.4. The highest BCUT2D eigenvalue weighted by Gasteiger charge is 2.36. The highest BCUT2D eigenvalue weighted by Crippen LogP contribution is 2.34. The van der Waals surface area contributed by atoms with Crippen molar-refractivity contribution in [2.45, 2.75) is 141 Å². The van der Waals surface area contributed by atoms with Gasteiger partial charge in [-0.05, 0) is 73.9 Å². The molecule has 10 heteroatoms. The Morgan fingerprint density at radius 2 is 1.46 bits per heavy atom. The van der Waals surface area contributed by atoms with Gasteiger partial charge < -0.3 is 40.2 Å². The van der Waals surface area contributed by atoms with Crippen molar-refractivity contribution < 1.29 is 28.5 Å². The Morgan fingerprint density at radius 1 is 0.804 bits per heavy atom. The number of carbonyl (C=O) groups excluding carboxylic acids is 2. The van der Waals surface area contributed by atoms with E-state index in [1.54, 1.807) is 4.90 Å². The van der Waals surface area contributed by atoms with Crippen molar-refractivity contribution in [3.8, 4) is 11.5 Å². The van der Waals surface area contributed by atoms with Crippen molar-refractivity contribution in [3.63, 3.8) is 0 Å². The molecule has 2 saturated carbocycles. The lowest BCUT2D eigenvalue weighted by Crippen LogP contribution is -2.54. The third-order valence-corrected chi connectivity index (χ3v) is 11.8. The monoisotopic (exact) mass is 770 g/mol. The number of hydrogen-bond acceptors (Lipinski definition) is 8. The fourth-order valence-electron chi connectivity index (χ4n) is 8.93. The van der Waals surface area contributed by atoms with Crippen LogP contribution in [-0.4, -0.2) is 80.0 Å². The van der Waals surface area contributed by atoms with Gasteiger partial charge in [0.05, 0.1) is 12.2 Å². The van der Waals surface area contributed by atoms with Crippen LogP contribution in [0, 0.1) is 11.8 Å². The van der Waals surface area contributed by atoms with Gasteiger partial charge >= 0.3 is 0 Å². The topological polar surface area (TPSA) is 124 Å². The van der Waals surface area contributed by atoms with Crippen LogP contribution >= 0.6 is 0 Å². The molecule has 6 rings (SSSR count). The molecule has 3 aromatic carbocycles. The van der Waals surface area contributed by atoms with Crippen molar-refractivity contribution >= 4 is 28.3 Å². The predicted molar refractivity (Wildman–Crippen MR) is 223 cm³/mol. The number of rotatable bonds is 18. The molecule has 0 saturated heterocycles. The Kier molecular flexibility index (Phi) is 15.5. The van der Waals surface area contributed by atoms with E-state index < -0.39 is 18.2 Å². The van der Waals surface area contributed by atoms with Crippen LogP contribution in [0.4, 0.5) is 5.69 Å². The molecule has 0 bridgehead atoms. The van der Waals surface area contributed by atoms with Gasteiger partial charge in [-0.15, -0.1) is 0 Å². The van der Waals surface area contributed by atoms with Crippen LogP contribution in [0.25, 0.3) is 10.8 Å². The third kappa shape index (κ3) is 11.7. The average molecular weight is 771 g/mol. The molecule has 1 heterocycles. The number of fused-ring (bicyclic) bond motifs is 2. The fourth-order valence-corrected chi connectivity index (χ4v) is 8.93. The van der Waals surface area contributed by atoms with Gasteiger partial charge in [0.1, 0.15) is 13.2 Å². The molecule has 0 radical (unpaired) electrons. The van der Waals surface area contributed by atoms with Gasteiger partial charge in [-0.2, -0.15) is 0 Å². The van der Waals surface area contributed by atoms with E-state index in [9.17, 15) is 9.59 Å². The Morgan fingerprint density at radius 3 is 2.18 bits per heavy atom. The minimum Gasteiger partial charge on any atom is -0.486 e. The van der Waals surface area contributed by atoms with Gasteiger partial charge in [-0.1, -0.05) is 107 Å². The Hall–Kier alpha value is -3.70. The smallest absolute Gasteiger partial charge is 0.255 e. The molecule has 5 atom stereocenters. The van der Waals surface area contributed by atoms with Crippen LogP contribution in [0.15, 0.2) is 60.7 Å². The second kappa shape index (κ2) is 20.6. The highest BCUT2D eigenvalue weighted by molar-refractivity contribution is 5.95. The maximum absolute atomic E-state index is 14.4. The predicted octanol–water partition coefficient (Wildman–Crippen LogP) is 8.00. The summed E-state index contributed by atoms with van der Waals surface area (Å²) in [4.78, 5) is 30.3. The second-order valence-corrected chi connectivity index (χ2v) is 16.8. The number of likely N-dealkylation sites (N-methyl/N-ethyl adjacent to an activating group) is 1. The van der Waals surface area contributed by atoms with E-state index in [2.05, 4.69) is 34.9 Å². The average Bonchev–Trinajstić information content (AvgIpc) is 3.21. The maximum Gasteiger partial charge on any atom is 0.255 e. The molecule has 1 aliphatic heterocycles. The molecule has 0 aromatic heterocycles. The number of hydrogen-bond donors (Lipinski definition) is 3. The molecule has 306 valence electrons. The van der Waals surface area contributed by atoms with E-state index in [1.807, 2.05) is 64.2 Å². The molecule has 2 aliphatic carbocycles. The van der Waals surface area contributed by atoms with Crippen molar-refractivity contribution in [3.05, 3.63) is 66.2 Å². The first-order valence-electron chi connectivity index (χ1n) is 21.4. The molecule has 10 nitrogen and oxygen atoms in total. The molecule has 4 N–H and O–H groups in total. The van der Waals surface area contributed by atoms with Crippen LogP contribution in [0.5, 0.6) is 11.5 Å². The van der Waals surface area contributed by atoms with Crippen molar-refractivity contribution in [1.82, 2.24) is 10.2 Å². The van der Waals surface area contributed by atoms with Crippen LogP contribution in [0.2, 0.25) is 0 Å². The normalized spacial score (nSPS) is 19.2. The number of benzene rings is 3. The fraction of sp³-hybridized carbons (Fsp3) is 0.609. The summed E-state index contributed by atoms with van der Waals surface area (Å²) in [5.41, 5.74) is 8.69. The van der Waals surface area contributed by atoms with E-state index in [0.717, 1.165) is 54.9 Å². The van der Waals surface area contributed by atoms with E-state index in [1.165, 1.54) is 38.5 Å². The third-order valence-electron chi connectivity index (χ3n) is 11.8. The maximum atomic E-state index is 14.4. The van der Waals surface area contributed by atoms with Crippen LogP contribution < -0.4 is 25.8 Å². The summed E-state index contributed by atoms with van der Waals surface area (Å²) in [5, 5.41) is 9.11. The molecular formula is C46H66N4O6. The quantitative estimate of drug-likeness (QED) is 0.119. The lowest BCUT2D eigenvalue weighted by atomic mass is 9.83. The SMILES string of the molecule is CC(C)OC(C(=O)Nc1ccc2c(c1)OCCO2)[C@@H](CC1CCCCC1)NCC(C)OC(C(=O)N(C)Cc1cccc2ccccc12)[C@H](N)CC1CCCCC1. The highest BCUT2D eigenvalue weighted by atomic mass is 16.6. The molecular weight excluding hydrogens is 705 g/mol. The summed E-state index contributed by atoms with van der Waals surface area (Å²) in [6.07, 6.45) is 11.4.